The van der Waals surface area contributed by atoms with E-state index in [1.807, 2.05) is 0 Å². The quantitative estimate of drug-likeness (QED) is 0.398. The van der Waals surface area contributed by atoms with Crippen molar-refractivity contribution in [2.24, 2.45) is 0 Å². The summed E-state index contributed by atoms with van der Waals surface area (Å²) >= 11 is 7.38. The van der Waals surface area contributed by atoms with Crippen molar-refractivity contribution >= 4 is 23.4 Å². The predicted octanol–water partition coefficient (Wildman–Crippen LogP) is 5.75. The summed E-state index contributed by atoms with van der Waals surface area (Å²) in [6.45, 7) is 0. The van der Waals surface area contributed by atoms with Crippen LogP contribution in [0.1, 0.15) is 5.56 Å². The zero-order chi connectivity index (χ0) is 18.8. The number of halogens is 3. The topological polar surface area (TPSA) is 43.9 Å². The fourth-order valence-corrected chi connectivity index (χ4v) is 3.85. The van der Waals surface area contributed by atoms with Crippen LogP contribution in [-0.2, 0) is 5.75 Å². The van der Waals surface area contributed by atoms with Crippen LogP contribution in [0, 0.1) is 11.6 Å². The van der Waals surface area contributed by atoms with E-state index in [0.29, 0.717) is 33.0 Å². The number of hydrogen-bond acceptors (Lipinski definition) is 4. The molecule has 2 aromatic carbocycles. The third-order valence-electron chi connectivity index (χ3n) is 3.87. The van der Waals surface area contributed by atoms with Gasteiger partial charge in [-0.05, 0) is 48.5 Å². The molecule has 0 saturated heterocycles. The zero-order valence-electron chi connectivity index (χ0n) is 13.8. The van der Waals surface area contributed by atoms with E-state index in [4.69, 9.17) is 16.0 Å². The van der Waals surface area contributed by atoms with Gasteiger partial charge in [-0.1, -0.05) is 29.4 Å². The Morgan fingerprint density at radius 2 is 1.81 bits per heavy atom. The van der Waals surface area contributed by atoms with Gasteiger partial charge in [-0.15, -0.1) is 10.2 Å². The third-order valence-corrected chi connectivity index (χ3v) is 5.18. The first kappa shape index (κ1) is 17.8. The Bertz CT molecular complexity index is 1050. The Balaban J connectivity index is 1.73. The summed E-state index contributed by atoms with van der Waals surface area (Å²) in [4.78, 5) is 0. The summed E-state index contributed by atoms with van der Waals surface area (Å²) in [5, 5.41) is 9.25. The molecule has 0 aliphatic carbocycles. The maximum absolute atomic E-state index is 14.1. The summed E-state index contributed by atoms with van der Waals surface area (Å²) in [7, 11) is 0. The maximum atomic E-state index is 14.1. The zero-order valence-corrected chi connectivity index (χ0v) is 15.3. The van der Waals surface area contributed by atoms with E-state index in [1.54, 1.807) is 41.0 Å². The van der Waals surface area contributed by atoms with E-state index >= 15 is 0 Å². The lowest BCUT2D eigenvalue weighted by atomic mass is 10.2. The number of hydrogen-bond donors (Lipinski definition) is 0. The van der Waals surface area contributed by atoms with Crippen molar-refractivity contribution in [1.29, 1.82) is 0 Å². The first-order chi connectivity index (χ1) is 13.1. The molecule has 0 bridgehead atoms. The Morgan fingerprint density at radius 1 is 1.00 bits per heavy atom. The van der Waals surface area contributed by atoms with Crippen LogP contribution in [-0.4, -0.2) is 14.8 Å². The summed E-state index contributed by atoms with van der Waals surface area (Å²) in [5.74, 6) is 0.521. The van der Waals surface area contributed by atoms with Gasteiger partial charge in [-0.2, -0.15) is 0 Å². The number of benzene rings is 2. The average Bonchev–Trinajstić information content (AvgIpc) is 3.31. The molecule has 0 amide bonds. The molecule has 2 heterocycles. The number of rotatable bonds is 5. The lowest BCUT2D eigenvalue weighted by Crippen LogP contribution is -2.00. The fraction of sp³-hybridized carbons (Fsp3) is 0.0526. The Morgan fingerprint density at radius 3 is 2.52 bits per heavy atom. The molecule has 27 heavy (non-hydrogen) atoms. The molecule has 0 aliphatic heterocycles. The second-order valence-corrected chi connectivity index (χ2v) is 6.93. The van der Waals surface area contributed by atoms with Crippen molar-refractivity contribution in [3.63, 3.8) is 0 Å². The molecule has 0 aliphatic rings. The molecule has 136 valence electrons. The summed E-state index contributed by atoms with van der Waals surface area (Å²) < 4.78 is 34.6. The highest BCUT2D eigenvalue weighted by Crippen LogP contribution is 2.32. The predicted molar refractivity (Wildman–Crippen MR) is 100.0 cm³/mol. The van der Waals surface area contributed by atoms with E-state index in [0.717, 1.165) is 0 Å². The van der Waals surface area contributed by atoms with Crippen LogP contribution in [0.25, 0.3) is 17.3 Å². The van der Waals surface area contributed by atoms with Gasteiger partial charge in [0, 0.05) is 16.3 Å². The number of thioether (sulfide) groups is 1. The average molecular weight is 404 g/mol. The molecule has 4 rings (SSSR count). The highest BCUT2D eigenvalue weighted by atomic mass is 35.5. The van der Waals surface area contributed by atoms with Gasteiger partial charge in [0.2, 0.25) is 5.82 Å². The molecule has 0 saturated carbocycles. The largest absolute Gasteiger partial charge is 0.461 e. The lowest BCUT2D eigenvalue weighted by molar-refractivity contribution is 0.575. The van der Waals surface area contributed by atoms with Gasteiger partial charge < -0.3 is 4.42 Å². The lowest BCUT2D eigenvalue weighted by Gasteiger charge is -2.10. The van der Waals surface area contributed by atoms with Crippen LogP contribution in [0.5, 0.6) is 0 Å². The van der Waals surface area contributed by atoms with Crippen LogP contribution in [0.15, 0.2) is 70.4 Å². The van der Waals surface area contributed by atoms with Crippen LogP contribution >= 0.6 is 23.4 Å². The van der Waals surface area contributed by atoms with Crippen molar-refractivity contribution in [2.45, 2.75) is 10.9 Å². The van der Waals surface area contributed by atoms with E-state index in [1.165, 1.54) is 36.2 Å². The molecule has 8 heteroatoms. The van der Waals surface area contributed by atoms with Crippen LogP contribution in [0.2, 0.25) is 5.02 Å². The summed E-state index contributed by atoms with van der Waals surface area (Å²) in [6, 6.07) is 14.0. The van der Waals surface area contributed by atoms with Crippen LogP contribution in [0.4, 0.5) is 8.78 Å². The molecule has 4 nitrogen and oxygen atoms in total. The minimum absolute atomic E-state index is 0.267. The number of aromatic nitrogens is 3. The SMILES string of the molecule is Fc1ccc(-n2c(SCc3c(F)cccc3Cl)nnc2-c2ccco2)cc1. The van der Waals surface area contributed by atoms with Gasteiger partial charge in [0.25, 0.3) is 0 Å². The van der Waals surface area contributed by atoms with Crippen molar-refractivity contribution < 1.29 is 13.2 Å². The molecule has 0 radical (unpaired) electrons. The molecule has 0 atom stereocenters. The summed E-state index contributed by atoms with van der Waals surface area (Å²) in [6.07, 6.45) is 1.53. The fourth-order valence-electron chi connectivity index (χ4n) is 2.56. The summed E-state index contributed by atoms with van der Waals surface area (Å²) in [5.41, 5.74) is 1.05. The van der Waals surface area contributed by atoms with Crippen molar-refractivity contribution in [3.8, 4) is 17.3 Å². The molecule has 0 spiro atoms. The first-order valence-corrected chi connectivity index (χ1v) is 9.31. The molecule has 2 aromatic heterocycles. The van der Waals surface area contributed by atoms with E-state index in [9.17, 15) is 8.78 Å². The molecule has 0 unspecified atom stereocenters. The normalized spacial score (nSPS) is 11.1. The second-order valence-electron chi connectivity index (χ2n) is 5.58. The van der Waals surface area contributed by atoms with Gasteiger partial charge in [-0.3, -0.25) is 4.57 Å². The molecular weight excluding hydrogens is 392 g/mol. The van der Waals surface area contributed by atoms with Crippen molar-refractivity contribution in [1.82, 2.24) is 14.8 Å². The highest BCUT2D eigenvalue weighted by molar-refractivity contribution is 7.98. The Hall–Kier alpha value is -2.64. The molecular formula is C19H12ClF2N3OS. The van der Waals surface area contributed by atoms with Crippen molar-refractivity contribution in [2.75, 3.05) is 0 Å². The monoisotopic (exact) mass is 403 g/mol. The van der Waals surface area contributed by atoms with Crippen LogP contribution in [0.3, 0.4) is 0 Å². The first-order valence-electron chi connectivity index (χ1n) is 7.94. The van der Waals surface area contributed by atoms with Gasteiger partial charge in [0.15, 0.2) is 10.9 Å². The minimum Gasteiger partial charge on any atom is -0.461 e. The number of furan rings is 1. The van der Waals surface area contributed by atoms with Crippen LogP contribution < -0.4 is 0 Å². The second kappa shape index (κ2) is 7.54. The number of nitrogens with zero attached hydrogens (tertiary/aromatic N) is 3. The maximum Gasteiger partial charge on any atom is 0.205 e. The minimum atomic E-state index is -0.380. The molecule has 0 fully saturated rings. The van der Waals surface area contributed by atoms with Gasteiger partial charge in [0.1, 0.15) is 11.6 Å². The van der Waals surface area contributed by atoms with Gasteiger partial charge >= 0.3 is 0 Å². The van der Waals surface area contributed by atoms with E-state index in [2.05, 4.69) is 10.2 Å². The van der Waals surface area contributed by atoms with E-state index < -0.39 is 0 Å². The Kier molecular flexibility index (Phi) is 4.96. The molecule has 4 aromatic rings. The molecule has 0 N–H and O–H groups in total. The standard InChI is InChI=1S/C19H12ClF2N3OS/c20-15-3-1-4-16(22)14(15)11-27-19-24-23-18(17-5-2-10-26-17)25(19)13-8-6-12(21)7-9-13/h1-10H,11H2. The Labute approximate surface area is 162 Å². The van der Waals surface area contributed by atoms with Gasteiger partial charge in [-0.25, -0.2) is 8.78 Å². The van der Waals surface area contributed by atoms with E-state index in [-0.39, 0.29) is 17.4 Å². The highest BCUT2D eigenvalue weighted by Gasteiger charge is 2.19. The van der Waals surface area contributed by atoms with Gasteiger partial charge in [0.05, 0.1) is 12.0 Å². The smallest absolute Gasteiger partial charge is 0.205 e. The van der Waals surface area contributed by atoms with Crippen molar-refractivity contribution in [3.05, 3.63) is 83.1 Å². The third kappa shape index (κ3) is 3.61.